The molecule has 7 heteroatoms. The summed E-state index contributed by atoms with van der Waals surface area (Å²) in [5.41, 5.74) is -1.12. The van der Waals surface area contributed by atoms with Crippen LogP contribution in [0.25, 0.3) is 0 Å². The van der Waals surface area contributed by atoms with E-state index in [9.17, 15) is 14.9 Å². The highest BCUT2D eigenvalue weighted by Gasteiger charge is 2.34. The van der Waals surface area contributed by atoms with E-state index in [1.165, 1.54) is 13.2 Å². The van der Waals surface area contributed by atoms with Crippen LogP contribution in [0.4, 0.5) is 0 Å². The van der Waals surface area contributed by atoms with E-state index in [0.29, 0.717) is 5.69 Å². The van der Waals surface area contributed by atoms with Crippen molar-refractivity contribution in [2.24, 2.45) is 0 Å². The minimum Gasteiger partial charge on any atom is -0.468 e. The topological polar surface area (TPSA) is 102 Å². The number of nitrogens with zero attached hydrogens (tertiary/aromatic N) is 3. The van der Waals surface area contributed by atoms with Gasteiger partial charge in [-0.1, -0.05) is 0 Å². The molecule has 124 valence electrons. The summed E-state index contributed by atoms with van der Waals surface area (Å²) in [4.78, 5) is 23.8. The van der Waals surface area contributed by atoms with E-state index in [2.05, 4.69) is 10.2 Å². The van der Waals surface area contributed by atoms with E-state index >= 15 is 0 Å². The number of carbonyl (C=O) groups is 2. The van der Waals surface area contributed by atoms with Gasteiger partial charge in [0, 0.05) is 0 Å². The molecule has 0 N–H and O–H groups in total. The largest absolute Gasteiger partial charge is 0.468 e. The summed E-state index contributed by atoms with van der Waals surface area (Å²) in [6, 6.07) is 4.90. The van der Waals surface area contributed by atoms with Gasteiger partial charge in [-0.2, -0.15) is 15.5 Å². The molecule has 0 fully saturated rings. The Labute approximate surface area is 135 Å². The van der Waals surface area contributed by atoms with Crippen molar-refractivity contribution in [3.63, 3.8) is 0 Å². The molecule has 0 radical (unpaired) electrons. The maximum absolute atomic E-state index is 12.0. The SMILES string of the molecule is COC(=O)C(C)(C)c1ccc(C(C#N)C(=O)OC(C)(C)C)nn1. The smallest absolute Gasteiger partial charge is 0.330 e. The maximum Gasteiger partial charge on any atom is 0.330 e. The first kappa shape index (κ1) is 18.6. The first-order valence-electron chi connectivity index (χ1n) is 7.08. The van der Waals surface area contributed by atoms with Crippen molar-refractivity contribution < 1.29 is 19.1 Å². The Balaban J connectivity index is 3.05. The highest BCUT2D eigenvalue weighted by molar-refractivity contribution is 5.82. The molecule has 1 aromatic rings. The van der Waals surface area contributed by atoms with Crippen LogP contribution in [0.15, 0.2) is 12.1 Å². The van der Waals surface area contributed by atoms with Gasteiger partial charge in [-0.25, -0.2) is 0 Å². The molecule has 7 nitrogen and oxygen atoms in total. The highest BCUT2D eigenvalue weighted by atomic mass is 16.6. The van der Waals surface area contributed by atoms with Crippen molar-refractivity contribution >= 4 is 11.9 Å². The fourth-order valence-corrected chi connectivity index (χ4v) is 1.79. The fourth-order valence-electron chi connectivity index (χ4n) is 1.79. The van der Waals surface area contributed by atoms with Crippen molar-refractivity contribution in [2.75, 3.05) is 7.11 Å². The number of rotatable bonds is 4. The van der Waals surface area contributed by atoms with Crippen LogP contribution in [0, 0.1) is 11.3 Å². The number of nitriles is 1. The Morgan fingerprint density at radius 3 is 2.17 bits per heavy atom. The Hall–Kier alpha value is -2.49. The number of carbonyl (C=O) groups excluding carboxylic acids is 2. The molecule has 0 spiro atoms. The van der Waals surface area contributed by atoms with E-state index in [0.717, 1.165) is 0 Å². The van der Waals surface area contributed by atoms with Crippen LogP contribution >= 0.6 is 0 Å². The summed E-state index contributed by atoms with van der Waals surface area (Å²) >= 11 is 0. The van der Waals surface area contributed by atoms with Crippen LogP contribution < -0.4 is 0 Å². The molecule has 1 atom stereocenters. The van der Waals surface area contributed by atoms with Crippen LogP contribution in [0.1, 0.15) is 51.9 Å². The molecule has 0 bridgehead atoms. The van der Waals surface area contributed by atoms with Gasteiger partial charge < -0.3 is 9.47 Å². The van der Waals surface area contributed by atoms with Crippen molar-refractivity contribution in [3.8, 4) is 6.07 Å². The van der Waals surface area contributed by atoms with Gasteiger partial charge in [0.05, 0.1) is 24.6 Å². The van der Waals surface area contributed by atoms with Crippen molar-refractivity contribution in [1.29, 1.82) is 5.26 Å². The molecule has 0 aliphatic carbocycles. The molecule has 0 aliphatic rings. The first-order valence-corrected chi connectivity index (χ1v) is 7.08. The van der Waals surface area contributed by atoms with Crippen LogP contribution in [-0.4, -0.2) is 34.8 Å². The predicted octanol–water partition coefficient (Wildman–Crippen LogP) is 1.88. The third-order valence-electron chi connectivity index (χ3n) is 3.09. The number of ether oxygens (including phenoxy) is 2. The summed E-state index contributed by atoms with van der Waals surface area (Å²) in [6.07, 6.45) is 0. The fraction of sp³-hybridized carbons (Fsp3) is 0.562. The van der Waals surface area contributed by atoms with Crippen LogP contribution in [0.3, 0.4) is 0 Å². The molecule has 1 heterocycles. The second-order valence-electron chi connectivity index (χ2n) is 6.56. The minimum atomic E-state index is -1.17. The zero-order valence-electron chi connectivity index (χ0n) is 14.2. The van der Waals surface area contributed by atoms with E-state index in [4.69, 9.17) is 9.47 Å². The Morgan fingerprint density at radius 2 is 1.78 bits per heavy atom. The zero-order valence-corrected chi connectivity index (χ0v) is 14.2. The van der Waals surface area contributed by atoms with Gasteiger partial charge in [0.15, 0.2) is 5.92 Å². The van der Waals surface area contributed by atoms with Crippen molar-refractivity contribution in [3.05, 3.63) is 23.5 Å². The third-order valence-corrected chi connectivity index (χ3v) is 3.09. The number of methoxy groups -OCH3 is 1. The summed E-state index contributed by atoms with van der Waals surface area (Å²) < 4.78 is 9.92. The van der Waals surface area contributed by atoms with E-state index < -0.39 is 28.9 Å². The third kappa shape index (κ3) is 4.49. The maximum atomic E-state index is 12.0. The van der Waals surface area contributed by atoms with Gasteiger partial charge in [0.25, 0.3) is 0 Å². The summed E-state index contributed by atoms with van der Waals surface area (Å²) in [5, 5.41) is 17.1. The van der Waals surface area contributed by atoms with Gasteiger partial charge in [-0.05, 0) is 46.8 Å². The molecule has 1 rings (SSSR count). The van der Waals surface area contributed by atoms with E-state index in [1.807, 2.05) is 6.07 Å². The first-order chi connectivity index (χ1) is 10.5. The Kier molecular flexibility index (Phi) is 5.43. The second-order valence-corrected chi connectivity index (χ2v) is 6.56. The molecular weight excluding hydrogens is 298 g/mol. The summed E-state index contributed by atoms with van der Waals surface area (Å²) in [6.45, 7) is 8.45. The Morgan fingerprint density at radius 1 is 1.17 bits per heavy atom. The molecule has 0 amide bonds. The zero-order chi connectivity index (χ0) is 17.8. The van der Waals surface area contributed by atoms with Crippen molar-refractivity contribution in [1.82, 2.24) is 10.2 Å². The van der Waals surface area contributed by atoms with Crippen LogP contribution in [0.2, 0.25) is 0 Å². The quantitative estimate of drug-likeness (QED) is 0.780. The summed E-state index contributed by atoms with van der Waals surface area (Å²) in [7, 11) is 1.29. The molecule has 0 saturated carbocycles. The monoisotopic (exact) mass is 319 g/mol. The lowest BCUT2D eigenvalue weighted by molar-refractivity contribution is -0.155. The normalized spacial score (nSPS) is 12.9. The van der Waals surface area contributed by atoms with Gasteiger partial charge in [0.2, 0.25) is 0 Å². The number of aromatic nitrogens is 2. The predicted molar refractivity (Wildman–Crippen MR) is 81.3 cm³/mol. The standard InChI is InChI=1S/C16H21N3O4/c1-15(2,3)23-13(20)10(9-17)11-7-8-12(19-18-11)16(4,5)14(21)22-6/h7-8,10H,1-6H3. The van der Waals surface area contributed by atoms with E-state index in [-0.39, 0.29) is 5.69 Å². The van der Waals surface area contributed by atoms with Gasteiger partial charge >= 0.3 is 11.9 Å². The highest BCUT2D eigenvalue weighted by Crippen LogP contribution is 2.24. The van der Waals surface area contributed by atoms with Gasteiger partial charge in [-0.15, -0.1) is 0 Å². The molecular formula is C16H21N3O4. The molecule has 1 aromatic heterocycles. The average molecular weight is 319 g/mol. The Bertz CT molecular complexity index is 624. The van der Waals surface area contributed by atoms with Crippen LogP contribution in [0.5, 0.6) is 0 Å². The second kappa shape index (κ2) is 6.73. The summed E-state index contributed by atoms with van der Waals surface area (Å²) in [5.74, 6) is -2.31. The van der Waals surface area contributed by atoms with Crippen LogP contribution in [-0.2, 0) is 24.5 Å². The lowest BCUT2D eigenvalue weighted by Gasteiger charge is -2.22. The average Bonchev–Trinajstić information content (AvgIpc) is 2.45. The van der Waals surface area contributed by atoms with Gasteiger partial charge in [0.1, 0.15) is 11.0 Å². The van der Waals surface area contributed by atoms with Gasteiger partial charge in [-0.3, -0.25) is 9.59 Å². The lowest BCUT2D eigenvalue weighted by Crippen LogP contribution is -2.32. The number of hydrogen-bond donors (Lipinski definition) is 0. The number of hydrogen-bond acceptors (Lipinski definition) is 7. The van der Waals surface area contributed by atoms with E-state index in [1.54, 1.807) is 40.7 Å². The molecule has 23 heavy (non-hydrogen) atoms. The lowest BCUT2D eigenvalue weighted by atomic mass is 9.89. The molecule has 0 saturated heterocycles. The molecule has 0 aromatic carbocycles. The molecule has 1 unspecified atom stereocenters. The van der Waals surface area contributed by atoms with Crippen molar-refractivity contribution in [2.45, 2.75) is 51.6 Å². The minimum absolute atomic E-state index is 0.172. The number of esters is 2. The molecule has 0 aliphatic heterocycles.